The number of carbonyl (C=O) groups excluding carboxylic acids is 2. The first kappa shape index (κ1) is 23.9. The molecule has 186 valence electrons. The van der Waals surface area contributed by atoms with Crippen molar-refractivity contribution < 1.29 is 14.0 Å². The minimum Gasteiger partial charge on any atom is -0.337 e. The average Bonchev–Trinajstić information content (AvgIpc) is 2.75. The number of halogens is 1. The molecule has 2 saturated carbocycles. The predicted octanol–water partition coefficient (Wildman–Crippen LogP) is 4.70. The molecule has 0 bridgehead atoms. The minimum atomic E-state index is -0.375. The van der Waals surface area contributed by atoms with Gasteiger partial charge in [0.25, 0.3) is 5.91 Å². The number of anilines is 1. The second kappa shape index (κ2) is 9.34. The molecule has 5 rings (SSSR count). The zero-order chi connectivity index (χ0) is 24.7. The van der Waals surface area contributed by atoms with Crippen LogP contribution in [0.5, 0.6) is 0 Å². The Bertz CT molecular complexity index is 1120. The number of carbonyl (C=O) groups is 2. The highest BCUT2D eigenvalue weighted by Gasteiger charge is 2.51. The van der Waals surface area contributed by atoms with Gasteiger partial charge < -0.3 is 10.2 Å². The topological polar surface area (TPSA) is 65.5 Å². The highest BCUT2D eigenvalue weighted by molar-refractivity contribution is 6.04. The number of rotatable bonds is 5. The molecule has 1 aromatic heterocycles. The van der Waals surface area contributed by atoms with Gasteiger partial charge in [-0.05, 0) is 87.3 Å². The number of benzene rings is 1. The lowest BCUT2D eigenvalue weighted by Crippen LogP contribution is -2.58. The van der Waals surface area contributed by atoms with Gasteiger partial charge in [0.1, 0.15) is 5.82 Å². The van der Waals surface area contributed by atoms with Crippen molar-refractivity contribution in [2.75, 3.05) is 25.0 Å². The van der Waals surface area contributed by atoms with Crippen molar-refractivity contribution in [2.24, 2.45) is 11.3 Å². The first-order valence-electron chi connectivity index (χ1n) is 12.8. The number of aromatic nitrogens is 1. The van der Waals surface area contributed by atoms with Gasteiger partial charge in [0.15, 0.2) is 0 Å². The number of pyridine rings is 1. The molecule has 2 aliphatic carbocycles. The average molecular weight is 479 g/mol. The fourth-order valence-corrected chi connectivity index (χ4v) is 6.05. The smallest absolute Gasteiger partial charge is 0.257 e. The van der Waals surface area contributed by atoms with E-state index in [0.29, 0.717) is 35.7 Å². The Hall–Kier alpha value is -2.80. The van der Waals surface area contributed by atoms with Crippen molar-refractivity contribution in [1.29, 1.82) is 0 Å². The van der Waals surface area contributed by atoms with Crippen molar-refractivity contribution >= 4 is 17.5 Å². The van der Waals surface area contributed by atoms with Gasteiger partial charge >= 0.3 is 0 Å². The summed E-state index contributed by atoms with van der Waals surface area (Å²) in [7, 11) is 0. The van der Waals surface area contributed by atoms with Gasteiger partial charge in [0.05, 0.1) is 5.56 Å². The number of amides is 2. The summed E-state index contributed by atoms with van der Waals surface area (Å²) in [5, 5.41) is 2.85. The van der Waals surface area contributed by atoms with Crippen molar-refractivity contribution in [2.45, 2.75) is 65.5 Å². The van der Waals surface area contributed by atoms with Crippen LogP contribution in [-0.2, 0) is 11.3 Å². The molecule has 1 atom stereocenters. The Morgan fingerprint density at radius 3 is 2.57 bits per heavy atom. The van der Waals surface area contributed by atoms with E-state index in [1.54, 1.807) is 18.2 Å². The Morgan fingerprint density at radius 1 is 1.17 bits per heavy atom. The summed E-state index contributed by atoms with van der Waals surface area (Å²) in [5.41, 5.74) is 3.94. The number of nitrogens with zero attached hydrogens (tertiary/aromatic N) is 3. The summed E-state index contributed by atoms with van der Waals surface area (Å²) in [6.45, 7) is 8.70. The lowest BCUT2D eigenvalue weighted by Gasteiger charge is -2.55. The van der Waals surface area contributed by atoms with Crippen LogP contribution in [0.3, 0.4) is 0 Å². The maximum Gasteiger partial charge on any atom is 0.257 e. The highest BCUT2D eigenvalue weighted by atomic mass is 19.1. The van der Waals surface area contributed by atoms with Crippen molar-refractivity contribution in [3.8, 4) is 0 Å². The lowest BCUT2D eigenvalue weighted by molar-refractivity contribution is -0.152. The zero-order valence-electron chi connectivity index (χ0n) is 20.9. The van der Waals surface area contributed by atoms with Gasteiger partial charge in [0, 0.05) is 55.7 Å². The maximum atomic E-state index is 14.5. The van der Waals surface area contributed by atoms with E-state index in [1.165, 1.54) is 31.5 Å². The second-order valence-corrected chi connectivity index (χ2v) is 11.0. The third kappa shape index (κ3) is 4.83. The van der Waals surface area contributed by atoms with Crippen LogP contribution >= 0.6 is 0 Å². The van der Waals surface area contributed by atoms with Gasteiger partial charge in [-0.25, -0.2) is 4.39 Å². The van der Waals surface area contributed by atoms with Crippen molar-refractivity contribution in [3.63, 3.8) is 0 Å². The van der Waals surface area contributed by atoms with Crippen LogP contribution in [0.25, 0.3) is 0 Å². The Kier molecular flexibility index (Phi) is 6.38. The van der Waals surface area contributed by atoms with Crippen LogP contribution in [0.2, 0.25) is 0 Å². The fourth-order valence-electron chi connectivity index (χ4n) is 6.05. The van der Waals surface area contributed by atoms with E-state index in [0.717, 1.165) is 42.8 Å². The maximum absolute atomic E-state index is 14.5. The first-order chi connectivity index (χ1) is 16.7. The third-order valence-electron chi connectivity index (χ3n) is 8.41. The lowest BCUT2D eigenvalue weighted by atomic mass is 9.51. The van der Waals surface area contributed by atoms with E-state index in [4.69, 9.17) is 0 Å². The summed E-state index contributed by atoms with van der Waals surface area (Å²) in [4.78, 5) is 34.2. The largest absolute Gasteiger partial charge is 0.337 e. The van der Waals surface area contributed by atoms with Crippen LogP contribution in [0, 0.1) is 31.0 Å². The molecule has 35 heavy (non-hydrogen) atoms. The summed E-state index contributed by atoms with van der Waals surface area (Å²) in [5.74, 6) is -0.144. The summed E-state index contributed by atoms with van der Waals surface area (Å²) < 4.78 is 14.5. The molecule has 0 unspecified atom stereocenters. The van der Waals surface area contributed by atoms with Gasteiger partial charge in [-0.15, -0.1) is 0 Å². The highest BCUT2D eigenvalue weighted by Crippen LogP contribution is 2.59. The Labute approximate surface area is 206 Å². The molecule has 3 aliphatic rings. The molecule has 7 heteroatoms. The molecule has 6 nitrogen and oxygen atoms in total. The van der Waals surface area contributed by atoms with Gasteiger partial charge in [-0.1, -0.05) is 6.42 Å². The van der Waals surface area contributed by atoms with Crippen molar-refractivity contribution in [1.82, 2.24) is 14.8 Å². The quantitative estimate of drug-likeness (QED) is 0.676. The summed E-state index contributed by atoms with van der Waals surface area (Å²) >= 11 is 0. The molecule has 1 aromatic carbocycles. The Morgan fingerprint density at radius 2 is 1.94 bits per heavy atom. The van der Waals surface area contributed by atoms with E-state index in [1.807, 2.05) is 13.8 Å². The summed E-state index contributed by atoms with van der Waals surface area (Å²) in [6.07, 6.45) is 7.61. The van der Waals surface area contributed by atoms with E-state index in [2.05, 4.69) is 27.0 Å². The summed E-state index contributed by atoms with van der Waals surface area (Å²) in [6, 6.07) is 6.54. The normalized spacial score (nSPS) is 21.9. The van der Waals surface area contributed by atoms with Crippen molar-refractivity contribution in [3.05, 3.63) is 58.7 Å². The van der Waals surface area contributed by atoms with Gasteiger partial charge in [0.2, 0.25) is 5.91 Å². The van der Waals surface area contributed by atoms with E-state index >= 15 is 0 Å². The van der Waals surface area contributed by atoms with Crippen LogP contribution in [0.15, 0.2) is 30.5 Å². The third-order valence-corrected chi connectivity index (χ3v) is 8.41. The number of nitrogens with one attached hydrogen (secondary N) is 1. The van der Waals surface area contributed by atoms with E-state index in [9.17, 15) is 14.0 Å². The standard InChI is InChI=1S/C28H35FN4O2/c1-18-5-6-21(15-30-18)26(34)31-25-12-24(29)11-22(20(25)3)17-32-9-10-33(19(2)16-32)27(35)23-13-28(14-23)7-4-8-28/h5-6,11-12,15,19,23H,4,7-10,13-14,16-17H2,1-3H3,(H,31,34)/t19-/m0/s1. The monoisotopic (exact) mass is 478 g/mol. The molecule has 1 N–H and O–H groups in total. The SMILES string of the molecule is Cc1ccc(C(=O)Nc2cc(F)cc(CN3CCN(C(=O)C4CC5(CCC5)C4)[C@@H](C)C3)c2C)cn1. The van der Waals surface area contributed by atoms with Crippen LogP contribution in [0.1, 0.15) is 66.2 Å². The van der Waals surface area contributed by atoms with Crippen LogP contribution in [0.4, 0.5) is 10.1 Å². The second-order valence-electron chi connectivity index (χ2n) is 11.0. The number of aryl methyl sites for hydroxylation is 1. The van der Waals surface area contributed by atoms with Gasteiger partial charge in [-0.3, -0.25) is 19.5 Å². The molecule has 2 amide bonds. The first-order valence-corrected chi connectivity index (χ1v) is 12.8. The number of hydrogen-bond donors (Lipinski definition) is 1. The molecular formula is C28H35FN4O2. The molecular weight excluding hydrogens is 443 g/mol. The zero-order valence-corrected chi connectivity index (χ0v) is 20.9. The van der Waals surface area contributed by atoms with E-state index in [-0.39, 0.29) is 23.7 Å². The molecule has 1 spiro atoms. The molecule has 3 fully saturated rings. The predicted molar refractivity (Wildman–Crippen MR) is 134 cm³/mol. The molecule has 2 aromatic rings. The van der Waals surface area contributed by atoms with Crippen LogP contribution in [-0.4, -0.2) is 52.3 Å². The van der Waals surface area contributed by atoms with E-state index < -0.39 is 0 Å². The van der Waals surface area contributed by atoms with Crippen LogP contribution < -0.4 is 5.32 Å². The number of piperazine rings is 1. The molecule has 0 radical (unpaired) electrons. The minimum absolute atomic E-state index is 0.135. The molecule has 1 aliphatic heterocycles. The fraction of sp³-hybridized carbons (Fsp3) is 0.536. The van der Waals surface area contributed by atoms with Gasteiger partial charge in [-0.2, -0.15) is 0 Å². The molecule has 1 saturated heterocycles. The Balaban J connectivity index is 1.21. The molecule has 2 heterocycles. The number of hydrogen-bond acceptors (Lipinski definition) is 4.